The summed E-state index contributed by atoms with van der Waals surface area (Å²) in [5.74, 6) is -0.772. The van der Waals surface area contributed by atoms with Crippen LogP contribution in [-0.2, 0) is 0 Å². The Bertz CT molecular complexity index is 987. The van der Waals surface area contributed by atoms with Gasteiger partial charge in [-0.2, -0.15) is 13.2 Å². The number of hydrogen-bond acceptors (Lipinski definition) is 4. The van der Waals surface area contributed by atoms with E-state index in [0.717, 1.165) is 0 Å². The van der Waals surface area contributed by atoms with Crippen molar-refractivity contribution in [2.45, 2.75) is 6.18 Å². The zero-order valence-corrected chi connectivity index (χ0v) is 15.6. The van der Waals surface area contributed by atoms with E-state index in [0.29, 0.717) is 16.3 Å². The van der Waals surface area contributed by atoms with Crippen LogP contribution in [0.5, 0.6) is 5.75 Å². The van der Waals surface area contributed by atoms with Gasteiger partial charge in [-0.1, -0.05) is 18.2 Å². The zero-order chi connectivity index (χ0) is 20.9. The molecule has 5 nitrogen and oxygen atoms in total. The van der Waals surface area contributed by atoms with Gasteiger partial charge in [0, 0.05) is 5.69 Å². The molecule has 2 N–H and O–H groups in total. The molecule has 0 fully saturated rings. The second kappa shape index (κ2) is 8.78. The summed E-state index contributed by atoms with van der Waals surface area (Å²) >= 11 is 1.28. The molecule has 0 aliphatic heterocycles. The molecule has 2 aromatic carbocycles. The highest BCUT2D eigenvalue weighted by Crippen LogP contribution is 2.22. The van der Waals surface area contributed by atoms with Gasteiger partial charge in [0.05, 0.1) is 16.1 Å². The average molecular weight is 420 g/mol. The molecule has 9 heteroatoms. The molecule has 3 rings (SSSR count). The fraction of sp³-hybridized carbons (Fsp3) is 0.100. The molecule has 0 atom stereocenters. The van der Waals surface area contributed by atoms with Crippen LogP contribution in [-0.4, -0.2) is 24.6 Å². The number of para-hydroxylation sites is 1. The number of carbonyl (C=O) groups is 2. The van der Waals surface area contributed by atoms with Gasteiger partial charge in [0.1, 0.15) is 5.75 Å². The number of anilines is 2. The molecule has 0 spiro atoms. The van der Waals surface area contributed by atoms with Gasteiger partial charge in [0.15, 0.2) is 6.61 Å². The van der Waals surface area contributed by atoms with Crippen molar-refractivity contribution in [3.05, 3.63) is 76.5 Å². The highest BCUT2D eigenvalue weighted by Gasteiger charge is 2.28. The quantitative estimate of drug-likeness (QED) is 0.577. The first-order valence-corrected chi connectivity index (χ1v) is 9.25. The van der Waals surface area contributed by atoms with Gasteiger partial charge >= 0.3 is 6.18 Å². The molecule has 1 aromatic heterocycles. The maximum atomic E-state index is 12.6. The van der Waals surface area contributed by atoms with E-state index in [-0.39, 0.29) is 17.2 Å². The summed E-state index contributed by atoms with van der Waals surface area (Å²) in [5.41, 5.74) is 0.956. The molecule has 3 aromatic rings. The van der Waals surface area contributed by atoms with E-state index in [2.05, 4.69) is 15.4 Å². The van der Waals surface area contributed by atoms with E-state index < -0.39 is 18.7 Å². The minimum Gasteiger partial charge on any atom is -0.484 e. The van der Waals surface area contributed by atoms with Gasteiger partial charge in [0.25, 0.3) is 11.8 Å². The first kappa shape index (κ1) is 20.4. The predicted molar refractivity (Wildman–Crippen MR) is 105 cm³/mol. The third-order valence-corrected chi connectivity index (χ3v) is 4.55. The normalized spacial score (nSPS) is 11.0. The van der Waals surface area contributed by atoms with Crippen molar-refractivity contribution in [1.82, 2.24) is 0 Å². The second-order valence-electron chi connectivity index (χ2n) is 5.86. The number of alkyl halides is 3. The van der Waals surface area contributed by atoms with Gasteiger partial charge in [-0.15, -0.1) is 11.3 Å². The second-order valence-corrected chi connectivity index (χ2v) is 6.81. The van der Waals surface area contributed by atoms with E-state index in [1.54, 1.807) is 41.8 Å². The van der Waals surface area contributed by atoms with Crippen molar-refractivity contribution in [3.8, 4) is 5.75 Å². The lowest BCUT2D eigenvalue weighted by Gasteiger charge is -2.12. The Labute approximate surface area is 168 Å². The monoisotopic (exact) mass is 420 g/mol. The predicted octanol–water partition coefficient (Wildman–Crippen LogP) is 5.19. The zero-order valence-electron chi connectivity index (χ0n) is 14.8. The highest BCUT2D eigenvalue weighted by molar-refractivity contribution is 7.12. The number of nitrogens with one attached hydrogen (secondary N) is 2. The summed E-state index contributed by atoms with van der Waals surface area (Å²) in [6, 6.07) is 15.4. The van der Waals surface area contributed by atoms with Crippen LogP contribution in [0.2, 0.25) is 0 Å². The van der Waals surface area contributed by atoms with Crippen molar-refractivity contribution >= 4 is 34.5 Å². The largest absolute Gasteiger partial charge is 0.484 e. The van der Waals surface area contributed by atoms with E-state index in [9.17, 15) is 22.8 Å². The van der Waals surface area contributed by atoms with Crippen LogP contribution in [0.25, 0.3) is 0 Å². The van der Waals surface area contributed by atoms with Crippen LogP contribution in [0.1, 0.15) is 20.0 Å². The number of halogens is 3. The van der Waals surface area contributed by atoms with Crippen molar-refractivity contribution in [2.24, 2.45) is 0 Å². The van der Waals surface area contributed by atoms with Crippen LogP contribution < -0.4 is 15.4 Å². The third kappa shape index (κ3) is 5.82. The molecule has 0 bridgehead atoms. The van der Waals surface area contributed by atoms with Gasteiger partial charge in [-0.3, -0.25) is 9.59 Å². The highest BCUT2D eigenvalue weighted by atomic mass is 32.1. The molecule has 150 valence electrons. The van der Waals surface area contributed by atoms with Crippen molar-refractivity contribution in [2.75, 3.05) is 17.2 Å². The Morgan fingerprint density at radius 3 is 2.28 bits per heavy atom. The Kier molecular flexibility index (Phi) is 6.18. The Morgan fingerprint density at radius 2 is 1.62 bits per heavy atom. The van der Waals surface area contributed by atoms with Gasteiger partial charge in [-0.05, 0) is 47.8 Å². The summed E-state index contributed by atoms with van der Waals surface area (Å²) in [6.07, 6.45) is -4.43. The number of carbonyl (C=O) groups excluding carboxylic acids is 2. The van der Waals surface area contributed by atoms with Gasteiger partial charge in [0.2, 0.25) is 0 Å². The molecule has 0 saturated heterocycles. The topological polar surface area (TPSA) is 67.4 Å². The standard InChI is InChI=1S/C20H15F3N2O3S/c21-20(22,23)12-28-14-9-7-13(8-10-14)24-18(26)15-4-1-2-5-16(15)25-19(27)17-6-3-11-29-17/h1-11H,12H2,(H,24,26)(H,25,27). The molecule has 0 saturated carbocycles. The Hall–Kier alpha value is -3.33. The SMILES string of the molecule is O=C(Nc1ccccc1C(=O)Nc1ccc(OCC(F)(F)F)cc1)c1cccs1. The number of thiophene rings is 1. The smallest absolute Gasteiger partial charge is 0.422 e. The average Bonchev–Trinajstić information content (AvgIpc) is 3.22. The third-order valence-electron chi connectivity index (χ3n) is 3.68. The summed E-state index contributed by atoms with van der Waals surface area (Å²) in [7, 11) is 0. The van der Waals surface area contributed by atoms with E-state index in [1.165, 1.54) is 35.6 Å². The van der Waals surface area contributed by atoms with E-state index >= 15 is 0 Å². The fourth-order valence-electron chi connectivity index (χ4n) is 2.38. The maximum absolute atomic E-state index is 12.6. The Morgan fingerprint density at radius 1 is 0.897 bits per heavy atom. The Balaban J connectivity index is 1.67. The number of rotatable bonds is 6. The van der Waals surface area contributed by atoms with E-state index in [4.69, 9.17) is 0 Å². The van der Waals surface area contributed by atoms with E-state index in [1.807, 2.05) is 0 Å². The molecule has 0 aliphatic rings. The summed E-state index contributed by atoms with van der Waals surface area (Å²) in [6.45, 7) is -1.39. The lowest BCUT2D eigenvalue weighted by atomic mass is 10.1. The van der Waals surface area contributed by atoms with Crippen molar-refractivity contribution in [3.63, 3.8) is 0 Å². The van der Waals surface area contributed by atoms with Crippen LogP contribution in [0.3, 0.4) is 0 Å². The fourth-order valence-corrected chi connectivity index (χ4v) is 3.00. The number of ether oxygens (including phenoxy) is 1. The lowest BCUT2D eigenvalue weighted by Crippen LogP contribution is -2.19. The maximum Gasteiger partial charge on any atom is 0.422 e. The number of amides is 2. The minimum absolute atomic E-state index is 0.0314. The molecule has 29 heavy (non-hydrogen) atoms. The van der Waals surface area contributed by atoms with Crippen molar-refractivity contribution < 1.29 is 27.5 Å². The number of benzene rings is 2. The molecule has 0 radical (unpaired) electrons. The summed E-state index contributed by atoms with van der Waals surface area (Å²) in [4.78, 5) is 25.4. The summed E-state index contributed by atoms with van der Waals surface area (Å²) in [5, 5.41) is 7.12. The molecule has 0 unspecified atom stereocenters. The van der Waals surface area contributed by atoms with Crippen molar-refractivity contribution in [1.29, 1.82) is 0 Å². The lowest BCUT2D eigenvalue weighted by molar-refractivity contribution is -0.153. The first-order valence-electron chi connectivity index (χ1n) is 8.37. The van der Waals surface area contributed by atoms with Crippen LogP contribution >= 0.6 is 11.3 Å². The molecular formula is C20H15F3N2O3S. The molecule has 0 aliphatic carbocycles. The van der Waals surface area contributed by atoms with Crippen LogP contribution in [0.4, 0.5) is 24.5 Å². The van der Waals surface area contributed by atoms with Gasteiger partial charge in [-0.25, -0.2) is 0 Å². The summed E-state index contributed by atoms with van der Waals surface area (Å²) < 4.78 is 41.2. The van der Waals surface area contributed by atoms with Crippen LogP contribution in [0, 0.1) is 0 Å². The molecule has 2 amide bonds. The van der Waals surface area contributed by atoms with Gasteiger partial charge < -0.3 is 15.4 Å². The molecule has 1 heterocycles. The minimum atomic E-state index is -4.43. The van der Waals surface area contributed by atoms with Crippen LogP contribution in [0.15, 0.2) is 66.0 Å². The first-order chi connectivity index (χ1) is 13.8. The molecular weight excluding hydrogens is 405 g/mol. The number of hydrogen-bond donors (Lipinski definition) is 2.